The number of para-hydroxylation sites is 2. The van der Waals surface area contributed by atoms with Crippen LogP contribution in [0.5, 0.6) is 11.6 Å². The summed E-state index contributed by atoms with van der Waals surface area (Å²) in [6, 6.07) is 49.5. The van der Waals surface area contributed by atoms with E-state index in [1.54, 1.807) is 0 Å². The van der Waals surface area contributed by atoms with Gasteiger partial charge in [0.1, 0.15) is 5.75 Å². The first-order chi connectivity index (χ1) is 18.8. The summed E-state index contributed by atoms with van der Waals surface area (Å²) in [5.74, 6) is 1.19. The van der Waals surface area contributed by atoms with Gasteiger partial charge in [-0.15, -0.1) is 23.2 Å². The van der Waals surface area contributed by atoms with Crippen LogP contribution < -0.4 is 9.72 Å². The SMILES string of the molecule is [Au+3].[c-]1ccccc1-c1[c-]c(-c2cccc(Oc3cccc4c3[n-]c3ccccc34)n2)cc(-c2ccccc2)c1. The van der Waals surface area contributed by atoms with Gasteiger partial charge in [0.05, 0.1) is 0 Å². The molecule has 0 atom stereocenters. The van der Waals surface area contributed by atoms with Gasteiger partial charge in [0.15, 0.2) is 0 Å². The Balaban J connectivity index is 0.00000277. The molecule has 7 rings (SSSR count). The number of hydrogen-bond acceptors (Lipinski definition) is 2. The number of aromatic nitrogens is 2. The maximum atomic E-state index is 6.32. The molecule has 39 heavy (non-hydrogen) atoms. The number of benzene rings is 5. The minimum atomic E-state index is 0. The summed E-state index contributed by atoms with van der Waals surface area (Å²) in [6.45, 7) is 0. The van der Waals surface area contributed by atoms with Crippen LogP contribution in [0.1, 0.15) is 0 Å². The van der Waals surface area contributed by atoms with Gasteiger partial charge in [-0.25, -0.2) is 5.56 Å². The Labute approximate surface area is 242 Å². The molecule has 0 radical (unpaired) electrons. The Morgan fingerprint density at radius 3 is 2.26 bits per heavy atom. The molecule has 2 heterocycles. The van der Waals surface area contributed by atoms with Gasteiger partial charge in [0, 0.05) is 5.69 Å². The molecule has 7 aromatic rings. The molecule has 2 aromatic heterocycles. The average molecular weight is 683 g/mol. The molecule has 3 nitrogen and oxygen atoms in total. The summed E-state index contributed by atoms with van der Waals surface area (Å²) in [7, 11) is 0. The van der Waals surface area contributed by atoms with Crippen LogP contribution in [0.2, 0.25) is 0 Å². The van der Waals surface area contributed by atoms with Crippen LogP contribution in [-0.4, -0.2) is 4.98 Å². The summed E-state index contributed by atoms with van der Waals surface area (Å²) in [5.41, 5.74) is 7.64. The smallest absolute Gasteiger partial charge is 0.654 e. The van der Waals surface area contributed by atoms with Gasteiger partial charge in [-0.3, -0.25) is 4.98 Å². The summed E-state index contributed by atoms with van der Waals surface area (Å²) in [5, 5.41) is 2.19. The third-order valence-electron chi connectivity index (χ3n) is 6.61. The first-order valence-corrected chi connectivity index (χ1v) is 12.5. The Hall–Kier alpha value is -4.41. The molecular weight excluding hydrogens is 661 g/mol. The zero-order valence-corrected chi connectivity index (χ0v) is 22.9. The zero-order valence-electron chi connectivity index (χ0n) is 20.7. The number of ether oxygens (including phenoxy) is 1. The van der Waals surface area contributed by atoms with Crippen LogP contribution in [0.25, 0.3) is 55.3 Å². The van der Waals surface area contributed by atoms with Gasteiger partial charge in [-0.1, -0.05) is 89.9 Å². The van der Waals surface area contributed by atoms with E-state index in [4.69, 9.17) is 14.7 Å². The number of nitrogens with zero attached hydrogens (tertiary/aromatic N) is 2. The Kier molecular flexibility index (Phi) is 6.87. The Morgan fingerprint density at radius 2 is 1.38 bits per heavy atom. The molecule has 5 aromatic carbocycles. The van der Waals surface area contributed by atoms with Crippen LogP contribution in [0.15, 0.2) is 127 Å². The molecule has 0 amide bonds. The standard InChI is InChI=1S/C35H21N2O.Au/c1-3-11-24(12-4-1)26-21-27(25-13-5-2-6-14-25)23-28(22-26)31-18-10-20-34(36-31)38-33-19-9-16-30-29-15-7-8-17-32(29)37-35(30)33;/h1-13,15-22H;/q-3;+3. The molecule has 0 aliphatic carbocycles. The largest absolute Gasteiger partial charge is 3.00 e. The van der Waals surface area contributed by atoms with Crippen molar-refractivity contribution in [3.8, 4) is 45.1 Å². The predicted octanol–water partition coefficient (Wildman–Crippen LogP) is 8.74. The first kappa shape index (κ1) is 24.9. The monoisotopic (exact) mass is 682 g/mol. The Morgan fingerprint density at radius 1 is 0.615 bits per heavy atom. The number of fused-ring (bicyclic) bond motifs is 3. The topological polar surface area (TPSA) is 36.2 Å². The van der Waals surface area contributed by atoms with Crippen molar-refractivity contribution in [1.29, 1.82) is 0 Å². The maximum absolute atomic E-state index is 6.32. The minimum Gasteiger partial charge on any atom is -0.654 e. The van der Waals surface area contributed by atoms with Crippen molar-refractivity contribution in [2.45, 2.75) is 0 Å². The van der Waals surface area contributed by atoms with Crippen molar-refractivity contribution in [3.63, 3.8) is 0 Å². The fourth-order valence-electron chi connectivity index (χ4n) is 4.80. The van der Waals surface area contributed by atoms with Crippen LogP contribution in [-0.2, 0) is 22.4 Å². The molecule has 0 aliphatic rings. The normalized spacial score (nSPS) is 10.9. The van der Waals surface area contributed by atoms with Gasteiger partial charge in [-0.2, -0.15) is 42.0 Å². The summed E-state index contributed by atoms with van der Waals surface area (Å²) in [4.78, 5) is 9.70. The maximum Gasteiger partial charge on any atom is 3.00 e. The van der Waals surface area contributed by atoms with Crippen LogP contribution in [0, 0.1) is 12.1 Å². The molecule has 0 N–H and O–H groups in total. The van der Waals surface area contributed by atoms with Crippen LogP contribution >= 0.6 is 0 Å². The van der Waals surface area contributed by atoms with E-state index in [1.807, 2.05) is 84.9 Å². The Bertz CT molecular complexity index is 1840. The molecule has 0 saturated carbocycles. The first-order valence-electron chi connectivity index (χ1n) is 12.5. The molecule has 4 heteroatoms. The van der Waals surface area contributed by atoms with Crippen molar-refractivity contribution in [3.05, 3.63) is 140 Å². The average Bonchev–Trinajstić information content (AvgIpc) is 3.38. The van der Waals surface area contributed by atoms with Crippen molar-refractivity contribution in [2.24, 2.45) is 0 Å². The van der Waals surface area contributed by atoms with Crippen LogP contribution in [0.3, 0.4) is 0 Å². The minimum absolute atomic E-state index is 0. The third kappa shape index (κ3) is 4.91. The van der Waals surface area contributed by atoms with Gasteiger partial charge in [0.2, 0.25) is 5.88 Å². The summed E-state index contributed by atoms with van der Waals surface area (Å²) >= 11 is 0. The van der Waals surface area contributed by atoms with Crippen molar-refractivity contribution < 1.29 is 27.1 Å². The second kappa shape index (κ2) is 10.8. The third-order valence-corrected chi connectivity index (χ3v) is 6.61. The zero-order chi connectivity index (χ0) is 25.3. The van der Waals surface area contributed by atoms with E-state index >= 15 is 0 Å². The molecule has 188 valence electrons. The molecule has 0 unspecified atom stereocenters. The van der Waals surface area contributed by atoms with Crippen molar-refractivity contribution >= 4 is 21.8 Å². The van der Waals surface area contributed by atoms with Gasteiger partial charge in [0.25, 0.3) is 0 Å². The van der Waals surface area contributed by atoms with E-state index in [0.29, 0.717) is 11.6 Å². The van der Waals surface area contributed by atoms with Crippen molar-refractivity contribution in [1.82, 2.24) is 9.97 Å². The molecular formula is C35H21AuN2O. The molecule has 0 bridgehead atoms. The molecule has 0 spiro atoms. The second-order valence-corrected chi connectivity index (χ2v) is 9.08. The predicted molar refractivity (Wildman–Crippen MR) is 153 cm³/mol. The molecule has 0 fully saturated rings. The number of rotatable bonds is 5. The van der Waals surface area contributed by atoms with E-state index < -0.39 is 0 Å². The fourth-order valence-corrected chi connectivity index (χ4v) is 4.80. The quantitative estimate of drug-likeness (QED) is 0.135. The van der Waals surface area contributed by atoms with E-state index in [-0.39, 0.29) is 22.4 Å². The summed E-state index contributed by atoms with van der Waals surface area (Å²) < 4.78 is 6.32. The van der Waals surface area contributed by atoms with E-state index in [1.165, 1.54) is 0 Å². The van der Waals surface area contributed by atoms with Crippen molar-refractivity contribution in [2.75, 3.05) is 0 Å². The molecule has 0 saturated heterocycles. The number of pyridine rings is 1. The van der Waals surface area contributed by atoms with Crippen LogP contribution in [0.4, 0.5) is 0 Å². The fraction of sp³-hybridized carbons (Fsp3) is 0. The van der Waals surface area contributed by atoms with Gasteiger partial charge < -0.3 is 9.72 Å². The van der Waals surface area contributed by atoms with E-state index in [0.717, 1.165) is 55.3 Å². The molecule has 0 aliphatic heterocycles. The second-order valence-electron chi connectivity index (χ2n) is 9.08. The van der Waals surface area contributed by atoms with E-state index in [9.17, 15) is 0 Å². The summed E-state index contributed by atoms with van der Waals surface area (Å²) in [6.07, 6.45) is 0. The van der Waals surface area contributed by atoms with Gasteiger partial charge in [-0.05, 0) is 28.5 Å². The number of hydrogen-bond donors (Lipinski definition) is 0. The van der Waals surface area contributed by atoms with E-state index in [2.05, 4.69) is 54.6 Å². The van der Waals surface area contributed by atoms with Gasteiger partial charge >= 0.3 is 22.4 Å².